The lowest BCUT2D eigenvalue weighted by Gasteiger charge is -2.23. The van der Waals surface area contributed by atoms with Gasteiger partial charge in [-0.25, -0.2) is 4.79 Å². The molecule has 6 nitrogen and oxygen atoms in total. The quantitative estimate of drug-likeness (QED) is 0.140. The van der Waals surface area contributed by atoms with E-state index in [2.05, 4.69) is 18.2 Å². The van der Waals surface area contributed by atoms with Gasteiger partial charge in [-0.1, -0.05) is 121 Å². The van der Waals surface area contributed by atoms with Crippen LogP contribution in [0.4, 0.5) is 4.79 Å². The Kier molecular flexibility index (Phi) is 9.44. The van der Waals surface area contributed by atoms with Crippen molar-refractivity contribution in [2.45, 2.75) is 52.2 Å². The van der Waals surface area contributed by atoms with Crippen LogP contribution in [0.2, 0.25) is 0 Å². The Labute approximate surface area is 270 Å². The summed E-state index contributed by atoms with van der Waals surface area (Å²) in [4.78, 5) is 27.9. The monoisotopic (exact) mass is 611 g/mol. The minimum Gasteiger partial charge on any atom is -0.488 e. The molecule has 5 aromatic carbocycles. The van der Waals surface area contributed by atoms with E-state index in [1.54, 1.807) is 4.90 Å². The van der Waals surface area contributed by atoms with Gasteiger partial charge in [0.1, 0.15) is 25.1 Å². The van der Waals surface area contributed by atoms with Crippen molar-refractivity contribution in [3.05, 3.63) is 161 Å². The smallest absolute Gasteiger partial charge is 0.411 e. The molecule has 5 aromatic rings. The van der Waals surface area contributed by atoms with E-state index in [0.717, 1.165) is 44.5 Å². The number of hydrogen-bond acceptors (Lipinski definition) is 5. The highest BCUT2D eigenvalue weighted by atomic mass is 16.6. The predicted octanol–water partition coefficient (Wildman–Crippen LogP) is 8.61. The summed E-state index contributed by atoms with van der Waals surface area (Å²) in [5.74, 6) is 0.382. The van der Waals surface area contributed by atoms with Crippen LogP contribution in [-0.4, -0.2) is 23.0 Å². The van der Waals surface area contributed by atoms with E-state index in [-0.39, 0.29) is 37.2 Å². The highest BCUT2D eigenvalue weighted by Gasteiger charge is 2.39. The van der Waals surface area contributed by atoms with Crippen molar-refractivity contribution in [1.29, 1.82) is 0 Å². The summed E-state index contributed by atoms with van der Waals surface area (Å²) in [5.41, 5.74) is 7.58. The normalized spacial score (nSPS) is 15.8. The summed E-state index contributed by atoms with van der Waals surface area (Å²) in [5, 5.41) is 0. The molecule has 1 amide bonds. The number of amides is 1. The maximum atomic E-state index is 13.2. The second-order valence-electron chi connectivity index (χ2n) is 11.7. The molecule has 0 aromatic heterocycles. The van der Waals surface area contributed by atoms with Gasteiger partial charge in [-0.15, -0.1) is 0 Å². The zero-order chi connectivity index (χ0) is 31.9. The molecule has 0 N–H and O–H groups in total. The van der Waals surface area contributed by atoms with Crippen LogP contribution >= 0.6 is 0 Å². The van der Waals surface area contributed by atoms with E-state index in [4.69, 9.17) is 14.2 Å². The first-order valence-corrected chi connectivity index (χ1v) is 15.6. The Morgan fingerprint density at radius 3 is 2.09 bits per heavy atom. The van der Waals surface area contributed by atoms with E-state index in [1.807, 2.05) is 123 Å². The van der Waals surface area contributed by atoms with Crippen molar-refractivity contribution in [2.24, 2.45) is 0 Å². The first-order chi connectivity index (χ1) is 22.4. The molecule has 0 unspecified atom stereocenters. The number of esters is 1. The second-order valence-corrected chi connectivity index (χ2v) is 11.7. The largest absolute Gasteiger partial charge is 0.488 e. The van der Waals surface area contributed by atoms with Gasteiger partial charge in [-0.3, -0.25) is 9.69 Å². The summed E-state index contributed by atoms with van der Waals surface area (Å²) in [6.45, 7) is 5.04. The van der Waals surface area contributed by atoms with E-state index in [1.165, 1.54) is 0 Å². The molecule has 0 saturated carbocycles. The molecule has 6 rings (SSSR count). The fourth-order valence-electron chi connectivity index (χ4n) is 5.82. The Morgan fingerprint density at radius 1 is 0.739 bits per heavy atom. The lowest BCUT2D eigenvalue weighted by atomic mass is 9.94. The molecule has 0 aliphatic carbocycles. The molecule has 0 radical (unpaired) electrons. The van der Waals surface area contributed by atoms with E-state index >= 15 is 0 Å². The van der Waals surface area contributed by atoms with Crippen LogP contribution in [0.25, 0.3) is 11.1 Å². The van der Waals surface area contributed by atoms with Gasteiger partial charge >= 0.3 is 12.1 Å². The van der Waals surface area contributed by atoms with E-state index in [0.29, 0.717) is 18.9 Å². The third-order valence-corrected chi connectivity index (χ3v) is 8.28. The number of nitrogens with zero attached hydrogens (tertiary/aromatic N) is 1. The zero-order valence-corrected chi connectivity index (χ0v) is 26.1. The van der Waals surface area contributed by atoms with Crippen LogP contribution in [0.5, 0.6) is 5.75 Å². The molecule has 1 fully saturated rings. The molecule has 0 spiro atoms. The van der Waals surface area contributed by atoms with Crippen LogP contribution in [0.15, 0.2) is 127 Å². The van der Waals surface area contributed by atoms with Gasteiger partial charge < -0.3 is 14.2 Å². The Balaban J connectivity index is 1.29. The van der Waals surface area contributed by atoms with Gasteiger partial charge in [-0.05, 0) is 59.4 Å². The molecule has 46 heavy (non-hydrogen) atoms. The zero-order valence-electron chi connectivity index (χ0n) is 26.1. The third kappa shape index (κ3) is 7.29. The highest BCUT2D eigenvalue weighted by molar-refractivity contribution is 5.78. The van der Waals surface area contributed by atoms with Gasteiger partial charge in [0.25, 0.3) is 0 Å². The number of benzene rings is 5. The van der Waals surface area contributed by atoms with Crippen molar-refractivity contribution >= 4 is 12.1 Å². The Morgan fingerprint density at radius 2 is 1.39 bits per heavy atom. The van der Waals surface area contributed by atoms with Gasteiger partial charge in [0.05, 0.1) is 19.0 Å². The van der Waals surface area contributed by atoms with Crippen LogP contribution in [0.1, 0.15) is 46.4 Å². The molecule has 1 heterocycles. The van der Waals surface area contributed by atoms with Gasteiger partial charge in [-0.2, -0.15) is 0 Å². The Hall–Kier alpha value is -5.36. The lowest BCUT2D eigenvalue weighted by Crippen LogP contribution is -2.31. The van der Waals surface area contributed by atoms with Crippen molar-refractivity contribution in [3.8, 4) is 16.9 Å². The molecule has 2 atom stereocenters. The van der Waals surface area contributed by atoms with E-state index in [9.17, 15) is 9.59 Å². The second kappa shape index (κ2) is 14.2. The average Bonchev–Trinajstić information content (AvgIpc) is 3.36. The summed E-state index contributed by atoms with van der Waals surface area (Å²) >= 11 is 0. The highest BCUT2D eigenvalue weighted by Crippen LogP contribution is 2.38. The number of carbonyl (C=O) groups excluding carboxylic acids is 2. The van der Waals surface area contributed by atoms with Crippen LogP contribution in [-0.2, 0) is 40.4 Å². The molecule has 0 bridgehead atoms. The molecular weight excluding hydrogens is 574 g/mol. The number of carbonyl (C=O) groups is 2. The molecule has 6 heteroatoms. The number of rotatable bonds is 11. The van der Waals surface area contributed by atoms with Crippen LogP contribution in [0.3, 0.4) is 0 Å². The molecular formula is C40H37NO5. The first kappa shape index (κ1) is 30.7. The molecule has 1 saturated heterocycles. The fraction of sp³-hybridized carbons (Fsp3) is 0.200. The van der Waals surface area contributed by atoms with Gasteiger partial charge in [0.2, 0.25) is 0 Å². The number of aryl methyl sites for hydroxylation is 1. The van der Waals surface area contributed by atoms with Crippen molar-refractivity contribution in [3.63, 3.8) is 0 Å². The molecule has 1 aliphatic heterocycles. The Bertz CT molecular complexity index is 1790. The maximum Gasteiger partial charge on any atom is 0.411 e. The summed E-state index contributed by atoms with van der Waals surface area (Å²) in [6.07, 6.45) is -0.574. The maximum absolute atomic E-state index is 13.2. The minimum atomic E-state index is -0.350. The SMILES string of the molecule is Cc1ccc(-c2cc(CC(=O)OCc3ccccc3)ccc2OCc2ccccc2)c(CN2C(=O)O[C@H](c3ccccc3)[C@@H]2C)c1. The van der Waals surface area contributed by atoms with Gasteiger partial charge in [0.15, 0.2) is 0 Å². The first-order valence-electron chi connectivity index (χ1n) is 15.6. The van der Waals surface area contributed by atoms with E-state index < -0.39 is 0 Å². The topological polar surface area (TPSA) is 65.1 Å². The molecule has 1 aliphatic rings. The number of ether oxygens (including phenoxy) is 3. The van der Waals surface area contributed by atoms with Crippen LogP contribution in [0, 0.1) is 6.92 Å². The number of hydrogen-bond donors (Lipinski definition) is 0. The van der Waals surface area contributed by atoms with Crippen molar-refractivity contribution in [2.75, 3.05) is 0 Å². The lowest BCUT2D eigenvalue weighted by molar-refractivity contribution is -0.144. The minimum absolute atomic E-state index is 0.119. The molecule has 232 valence electrons. The fourth-order valence-corrected chi connectivity index (χ4v) is 5.82. The van der Waals surface area contributed by atoms with Crippen molar-refractivity contribution in [1.82, 2.24) is 4.90 Å². The third-order valence-electron chi connectivity index (χ3n) is 8.28. The number of cyclic esters (lactones) is 1. The van der Waals surface area contributed by atoms with Crippen molar-refractivity contribution < 1.29 is 23.8 Å². The summed E-state index contributed by atoms with van der Waals surface area (Å²) in [6, 6.07) is 41.4. The van der Waals surface area contributed by atoms with Crippen LogP contribution < -0.4 is 4.74 Å². The predicted molar refractivity (Wildman–Crippen MR) is 178 cm³/mol. The average molecular weight is 612 g/mol. The van der Waals surface area contributed by atoms with Gasteiger partial charge in [0, 0.05) is 5.56 Å². The summed E-state index contributed by atoms with van der Waals surface area (Å²) < 4.78 is 17.8. The standard InChI is InChI=1S/C40H37NO5/c1-28-18-20-35(34(22-28)25-41-29(2)39(46-40(41)43)33-16-10-5-11-17-33)36-23-32(24-38(42)45-27-31-14-8-4-9-15-31)19-21-37(36)44-26-30-12-6-3-7-13-30/h3-23,29,39H,24-27H2,1-2H3/t29-,39-/m0/s1. The summed E-state index contributed by atoms with van der Waals surface area (Å²) in [7, 11) is 0.